The van der Waals surface area contributed by atoms with Crippen LogP contribution in [0.2, 0.25) is 0 Å². The summed E-state index contributed by atoms with van der Waals surface area (Å²) in [5.74, 6) is 0.629. The molecule has 1 N–H and O–H groups in total. The summed E-state index contributed by atoms with van der Waals surface area (Å²) in [7, 11) is 1.59. The second-order valence-electron chi connectivity index (χ2n) is 4.64. The number of thiazole rings is 1. The Bertz CT molecular complexity index is 848. The van der Waals surface area contributed by atoms with E-state index in [2.05, 4.69) is 41.5 Å². The fraction of sp³-hybridized carbons (Fsp3) is 0.125. The first kappa shape index (κ1) is 13.4. The summed E-state index contributed by atoms with van der Waals surface area (Å²) in [5.41, 5.74) is 3.54. The number of fused-ring (bicyclic) bond motifs is 1. The van der Waals surface area contributed by atoms with Gasteiger partial charge in [-0.15, -0.1) is 0 Å². The van der Waals surface area contributed by atoms with E-state index in [9.17, 15) is 0 Å². The van der Waals surface area contributed by atoms with Crippen LogP contribution in [0.3, 0.4) is 0 Å². The number of hydrogen-bond acceptors (Lipinski definition) is 5. The molecule has 104 valence electrons. The predicted molar refractivity (Wildman–Crippen MR) is 85.3 cm³/mol. The van der Waals surface area contributed by atoms with Gasteiger partial charge in [0.15, 0.2) is 5.13 Å². The van der Waals surface area contributed by atoms with Gasteiger partial charge in [0.1, 0.15) is 5.75 Å². The molecule has 2 aromatic carbocycles. The van der Waals surface area contributed by atoms with Crippen molar-refractivity contribution >= 4 is 32.4 Å². The second-order valence-corrected chi connectivity index (χ2v) is 5.67. The third-order valence-corrected chi connectivity index (χ3v) is 4.07. The van der Waals surface area contributed by atoms with Gasteiger partial charge >= 0.3 is 0 Å². The molecule has 0 radical (unpaired) electrons. The molecule has 0 aliphatic heterocycles. The number of nitrogens with one attached hydrogen (secondary N) is 1. The van der Waals surface area contributed by atoms with E-state index in [0.29, 0.717) is 11.3 Å². The molecule has 3 aromatic rings. The Kier molecular flexibility index (Phi) is 3.46. The minimum atomic E-state index is 0.567. The van der Waals surface area contributed by atoms with E-state index in [0.717, 1.165) is 21.0 Å². The summed E-state index contributed by atoms with van der Waals surface area (Å²) < 4.78 is 6.45. The first-order valence-electron chi connectivity index (χ1n) is 6.42. The largest absolute Gasteiger partial charge is 0.495 e. The van der Waals surface area contributed by atoms with Crippen LogP contribution in [0.1, 0.15) is 11.1 Å². The highest BCUT2D eigenvalue weighted by molar-refractivity contribution is 7.22. The molecule has 0 aliphatic rings. The Balaban J connectivity index is 1.96. The molecule has 1 heterocycles. The molecule has 0 amide bonds. The summed E-state index contributed by atoms with van der Waals surface area (Å²) in [6.07, 6.45) is 0. The van der Waals surface area contributed by atoms with Crippen molar-refractivity contribution in [2.24, 2.45) is 0 Å². The van der Waals surface area contributed by atoms with Crippen LogP contribution < -0.4 is 10.1 Å². The molecule has 0 atom stereocenters. The number of hydrogen-bond donors (Lipinski definition) is 1. The maximum atomic E-state index is 8.92. The number of methoxy groups -OCH3 is 1. The van der Waals surface area contributed by atoms with Gasteiger partial charge in [0.05, 0.1) is 34.6 Å². The third-order valence-electron chi connectivity index (χ3n) is 3.12. The number of aryl methyl sites for hydroxylation is 1. The van der Waals surface area contributed by atoms with E-state index in [1.807, 2.05) is 6.07 Å². The van der Waals surface area contributed by atoms with E-state index in [1.54, 1.807) is 30.6 Å². The quantitative estimate of drug-likeness (QED) is 0.785. The lowest BCUT2D eigenvalue weighted by molar-refractivity contribution is 0.416. The maximum absolute atomic E-state index is 8.92. The SMILES string of the molecule is COc1cc(C#N)ccc1Nc1nc2cc(C)ccc2s1. The highest BCUT2D eigenvalue weighted by Crippen LogP contribution is 2.33. The van der Waals surface area contributed by atoms with Gasteiger partial charge in [-0.2, -0.15) is 5.26 Å². The van der Waals surface area contributed by atoms with Crippen molar-refractivity contribution < 1.29 is 4.74 Å². The monoisotopic (exact) mass is 295 g/mol. The zero-order valence-corrected chi connectivity index (χ0v) is 12.5. The average molecular weight is 295 g/mol. The first-order valence-corrected chi connectivity index (χ1v) is 7.23. The summed E-state index contributed by atoms with van der Waals surface area (Å²) in [4.78, 5) is 4.57. The lowest BCUT2D eigenvalue weighted by atomic mass is 10.2. The van der Waals surface area contributed by atoms with Gasteiger partial charge < -0.3 is 10.1 Å². The van der Waals surface area contributed by atoms with Crippen molar-refractivity contribution in [2.45, 2.75) is 6.92 Å². The van der Waals surface area contributed by atoms with Crippen LogP contribution in [0.4, 0.5) is 10.8 Å². The average Bonchev–Trinajstić information content (AvgIpc) is 2.89. The van der Waals surface area contributed by atoms with Gasteiger partial charge in [-0.1, -0.05) is 17.4 Å². The van der Waals surface area contributed by atoms with E-state index in [1.165, 1.54) is 5.56 Å². The number of nitrogens with zero attached hydrogens (tertiary/aromatic N) is 2. The lowest BCUT2D eigenvalue weighted by Crippen LogP contribution is -1.94. The maximum Gasteiger partial charge on any atom is 0.188 e. The van der Waals surface area contributed by atoms with E-state index < -0.39 is 0 Å². The van der Waals surface area contributed by atoms with Crippen LogP contribution >= 0.6 is 11.3 Å². The van der Waals surface area contributed by atoms with Gasteiger partial charge in [0.2, 0.25) is 0 Å². The molecule has 5 heteroatoms. The van der Waals surface area contributed by atoms with Crippen molar-refractivity contribution in [3.8, 4) is 11.8 Å². The van der Waals surface area contributed by atoms with Gasteiger partial charge in [-0.3, -0.25) is 0 Å². The fourth-order valence-electron chi connectivity index (χ4n) is 2.07. The molecule has 1 aromatic heterocycles. The molecular weight excluding hydrogens is 282 g/mol. The van der Waals surface area contributed by atoms with Crippen LogP contribution in [0.5, 0.6) is 5.75 Å². The number of nitriles is 1. The Hall–Kier alpha value is -2.58. The first-order chi connectivity index (χ1) is 10.2. The van der Waals surface area contributed by atoms with E-state index in [4.69, 9.17) is 10.00 Å². The second kappa shape index (κ2) is 5.43. The molecular formula is C16H13N3OS. The van der Waals surface area contributed by atoms with Gasteiger partial charge in [-0.25, -0.2) is 4.98 Å². The molecule has 0 bridgehead atoms. The number of benzene rings is 2. The zero-order valence-electron chi connectivity index (χ0n) is 11.7. The third kappa shape index (κ3) is 2.67. The summed E-state index contributed by atoms with van der Waals surface area (Å²) in [6.45, 7) is 2.05. The number of ether oxygens (including phenoxy) is 1. The van der Waals surface area contributed by atoms with Gasteiger partial charge in [0.25, 0.3) is 0 Å². The number of rotatable bonds is 3. The molecule has 4 nitrogen and oxygen atoms in total. The van der Waals surface area contributed by atoms with Gasteiger partial charge in [0, 0.05) is 6.07 Å². The van der Waals surface area contributed by atoms with Gasteiger partial charge in [-0.05, 0) is 36.8 Å². The normalized spacial score (nSPS) is 10.3. The minimum absolute atomic E-state index is 0.567. The van der Waals surface area contributed by atoms with E-state index in [-0.39, 0.29) is 0 Å². The van der Waals surface area contributed by atoms with Crippen LogP contribution in [0, 0.1) is 18.3 Å². The van der Waals surface area contributed by atoms with Crippen molar-refractivity contribution in [3.63, 3.8) is 0 Å². The molecule has 0 aliphatic carbocycles. The molecule has 0 unspecified atom stereocenters. The molecule has 0 saturated carbocycles. The lowest BCUT2D eigenvalue weighted by Gasteiger charge is -2.08. The topological polar surface area (TPSA) is 57.9 Å². The summed E-state index contributed by atoms with van der Waals surface area (Å²) >= 11 is 1.59. The Morgan fingerprint density at radius 3 is 2.86 bits per heavy atom. The van der Waals surface area contributed by atoms with Crippen LogP contribution in [-0.2, 0) is 0 Å². The van der Waals surface area contributed by atoms with Crippen LogP contribution in [0.25, 0.3) is 10.2 Å². The van der Waals surface area contributed by atoms with Crippen molar-refractivity contribution in [1.29, 1.82) is 5.26 Å². The Labute approximate surface area is 126 Å². The fourth-order valence-corrected chi connectivity index (χ4v) is 2.93. The van der Waals surface area contributed by atoms with Crippen molar-refractivity contribution in [2.75, 3.05) is 12.4 Å². The minimum Gasteiger partial charge on any atom is -0.495 e. The van der Waals surface area contributed by atoms with Crippen molar-refractivity contribution in [1.82, 2.24) is 4.98 Å². The molecule has 3 rings (SSSR count). The number of aromatic nitrogens is 1. The standard InChI is InChI=1S/C16H13N3OS/c1-10-3-6-15-13(7-10)19-16(21-15)18-12-5-4-11(9-17)8-14(12)20-2/h3-8H,1-2H3,(H,18,19). The molecule has 0 fully saturated rings. The Morgan fingerprint density at radius 2 is 2.10 bits per heavy atom. The van der Waals surface area contributed by atoms with Crippen LogP contribution in [0.15, 0.2) is 36.4 Å². The molecule has 0 saturated heterocycles. The van der Waals surface area contributed by atoms with Crippen molar-refractivity contribution in [3.05, 3.63) is 47.5 Å². The zero-order chi connectivity index (χ0) is 14.8. The summed E-state index contributed by atoms with van der Waals surface area (Å²) in [5, 5.41) is 13.0. The van der Waals surface area contributed by atoms with Crippen LogP contribution in [-0.4, -0.2) is 12.1 Å². The molecule has 0 spiro atoms. The predicted octanol–water partition coefficient (Wildman–Crippen LogP) is 4.23. The number of anilines is 2. The highest BCUT2D eigenvalue weighted by atomic mass is 32.1. The Morgan fingerprint density at radius 1 is 1.24 bits per heavy atom. The molecule has 21 heavy (non-hydrogen) atoms. The highest BCUT2D eigenvalue weighted by Gasteiger charge is 2.08. The smallest absolute Gasteiger partial charge is 0.188 e. The summed E-state index contributed by atoms with van der Waals surface area (Å²) in [6, 6.07) is 13.6. The van der Waals surface area contributed by atoms with E-state index >= 15 is 0 Å².